The molecule has 8 nitrogen and oxygen atoms in total. The van der Waals surface area contributed by atoms with E-state index in [0.29, 0.717) is 15.6 Å². The maximum Gasteiger partial charge on any atom is 0.244 e. The molecule has 1 N–H and O–H groups in total. The van der Waals surface area contributed by atoms with Gasteiger partial charge in [-0.3, -0.25) is 13.9 Å². The number of benzene rings is 3. The predicted octanol–water partition coefficient (Wildman–Crippen LogP) is 5.98. The van der Waals surface area contributed by atoms with Gasteiger partial charge in [-0.05, 0) is 62.2 Å². The van der Waals surface area contributed by atoms with E-state index in [1.165, 1.54) is 24.1 Å². The fourth-order valence-corrected chi connectivity index (χ4v) is 5.77. The SMILES string of the molecule is COc1ccc(Cl)cc1N(CC(=O)N(Cc1ccc(Cl)cc1Cl)C(Cc1ccccc1)C(=O)NC(C)(C)C)S(C)(=O)=O. The summed E-state index contributed by atoms with van der Waals surface area (Å²) in [6, 6.07) is 17.5. The number of halogens is 3. The highest BCUT2D eigenvalue weighted by Gasteiger charge is 2.35. The van der Waals surface area contributed by atoms with Crippen molar-refractivity contribution in [2.45, 2.75) is 45.3 Å². The molecule has 0 fully saturated rings. The third kappa shape index (κ3) is 9.26. The molecular formula is C30H34Cl3N3O5S. The van der Waals surface area contributed by atoms with Gasteiger partial charge in [0.25, 0.3) is 0 Å². The minimum atomic E-state index is -4.01. The summed E-state index contributed by atoms with van der Waals surface area (Å²) in [7, 11) is -2.63. The van der Waals surface area contributed by atoms with Crippen molar-refractivity contribution in [1.82, 2.24) is 10.2 Å². The Morgan fingerprint density at radius 2 is 1.57 bits per heavy atom. The molecule has 0 saturated heterocycles. The Balaban J connectivity index is 2.15. The van der Waals surface area contributed by atoms with Crippen LogP contribution < -0.4 is 14.4 Å². The van der Waals surface area contributed by atoms with Crippen LogP contribution in [0.5, 0.6) is 5.75 Å². The number of carbonyl (C=O) groups is 2. The first-order chi connectivity index (χ1) is 19.6. The molecule has 0 aromatic heterocycles. The smallest absolute Gasteiger partial charge is 0.244 e. The summed E-state index contributed by atoms with van der Waals surface area (Å²) >= 11 is 18.8. The molecule has 0 heterocycles. The number of nitrogens with zero attached hydrogens (tertiary/aromatic N) is 2. The number of hydrogen-bond acceptors (Lipinski definition) is 5. The molecule has 0 saturated carbocycles. The van der Waals surface area contributed by atoms with Gasteiger partial charge >= 0.3 is 0 Å². The highest BCUT2D eigenvalue weighted by molar-refractivity contribution is 7.92. The van der Waals surface area contributed by atoms with E-state index in [2.05, 4.69) is 5.32 Å². The zero-order chi connectivity index (χ0) is 31.2. The van der Waals surface area contributed by atoms with Crippen molar-refractivity contribution in [2.75, 3.05) is 24.2 Å². The summed E-state index contributed by atoms with van der Waals surface area (Å²) in [5.41, 5.74) is 0.820. The Kier molecular flexibility index (Phi) is 11.2. The maximum absolute atomic E-state index is 14.2. The second-order valence-electron chi connectivity index (χ2n) is 10.8. The predicted molar refractivity (Wildman–Crippen MR) is 169 cm³/mol. The molecule has 1 atom stereocenters. The van der Waals surface area contributed by atoms with Crippen molar-refractivity contribution >= 4 is 62.3 Å². The van der Waals surface area contributed by atoms with Crippen molar-refractivity contribution in [3.63, 3.8) is 0 Å². The largest absolute Gasteiger partial charge is 0.495 e. The molecule has 3 aromatic carbocycles. The maximum atomic E-state index is 14.2. The van der Waals surface area contributed by atoms with E-state index in [0.717, 1.165) is 16.1 Å². The number of anilines is 1. The molecule has 2 amide bonds. The summed E-state index contributed by atoms with van der Waals surface area (Å²) in [5.74, 6) is -0.842. The molecule has 226 valence electrons. The molecule has 0 aliphatic heterocycles. The van der Waals surface area contributed by atoms with Crippen molar-refractivity contribution in [3.05, 3.63) is 92.9 Å². The minimum Gasteiger partial charge on any atom is -0.495 e. The first-order valence-corrected chi connectivity index (χ1v) is 16.0. The lowest BCUT2D eigenvalue weighted by Gasteiger charge is -2.35. The second-order valence-corrected chi connectivity index (χ2v) is 14.0. The molecule has 3 aromatic rings. The van der Waals surface area contributed by atoms with Crippen LogP contribution in [-0.2, 0) is 32.6 Å². The lowest BCUT2D eigenvalue weighted by atomic mass is 10.0. The molecule has 12 heteroatoms. The Bertz CT molecular complexity index is 1530. The van der Waals surface area contributed by atoms with Crippen molar-refractivity contribution in [3.8, 4) is 5.75 Å². The number of rotatable bonds is 11. The van der Waals surface area contributed by atoms with Gasteiger partial charge in [-0.25, -0.2) is 8.42 Å². The van der Waals surface area contributed by atoms with Crippen LogP contribution in [0.1, 0.15) is 31.9 Å². The summed E-state index contributed by atoms with van der Waals surface area (Å²) in [4.78, 5) is 29.4. The Morgan fingerprint density at radius 1 is 0.952 bits per heavy atom. The van der Waals surface area contributed by atoms with Gasteiger partial charge in [-0.15, -0.1) is 0 Å². The lowest BCUT2D eigenvalue weighted by molar-refractivity contribution is -0.140. The Hall–Kier alpha value is -2.98. The van der Waals surface area contributed by atoms with Crippen LogP contribution >= 0.6 is 34.8 Å². The van der Waals surface area contributed by atoms with Crippen LogP contribution in [0.3, 0.4) is 0 Å². The van der Waals surface area contributed by atoms with E-state index in [1.54, 1.807) is 24.3 Å². The fourth-order valence-electron chi connectivity index (χ4n) is 4.29. The van der Waals surface area contributed by atoms with Gasteiger partial charge in [-0.1, -0.05) is 71.2 Å². The van der Waals surface area contributed by atoms with Crippen LogP contribution in [-0.4, -0.2) is 56.6 Å². The van der Waals surface area contributed by atoms with Gasteiger partial charge in [0.2, 0.25) is 21.8 Å². The first-order valence-electron chi connectivity index (χ1n) is 13.0. The molecule has 0 aliphatic carbocycles. The van der Waals surface area contributed by atoms with Crippen molar-refractivity contribution in [2.24, 2.45) is 0 Å². The van der Waals surface area contributed by atoms with Crippen LogP contribution in [0, 0.1) is 0 Å². The molecule has 0 radical (unpaired) electrons. The average Bonchev–Trinajstić information content (AvgIpc) is 2.89. The van der Waals surface area contributed by atoms with Crippen molar-refractivity contribution in [1.29, 1.82) is 0 Å². The third-order valence-corrected chi connectivity index (χ3v) is 8.16. The zero-order valence-electron chi connectivity index (χ0n) is 24.0. The highest BCUT2D eigenvalue weighted by atomic mass is 35.5. The number of methoxy groups -OCH3 is 1. The standard InChI is InChI=1S/C30H34Cl3N3O5S/c1-30(2,3)34-29(38)26(15-20-9-7-6-8-10-20)35(18-21-11-12-22(31)16-24(21)33)28(37)19-36(42(5,39)40)25-17-23(32)13-14-27(25)41-4/h6-14,16-17,26H,15,18-19H2,1-5H3,(H,34,38). The molecule has 0 spiro atoms. The molecular weight excluding hydrogens is 621 g/mol. The van der Waals surface area contributed by atoms with Gasteiger partial charge in [0.1, 0.15) is 18.3 Å². The Morgan fingerprint density at radius 3 is 2.14 bits per heavy atom. The van der Waals surface area contributed by atoms with E-state index < -0.39 is 40.0 Å². The monoisotopic (exact) mass is 653 g/mol. The number of hydrogen-bond donors (Lipinski definition) is 1. The number of amides is 2. The molecule has 1 unspecified atom stereocenters. The molecule has 0 aliphatic rings. The summed E-state index contributed by atoms with van der Waals surface area (Å²) < 4.78 is 32.4. The number of carbonyl (C=O) groups excluding carboxylic acids is 2. The number of sulfonamides is 1. The van der Waals surface area contributed by atoms with E-state index >= 15 is 0 Å². The minimum absolute atomic E-state index is 0.0871. The van der Waals surface area contributed by atoms with Crippen LogP contribution in [0.25, 0.3) is 0 Å². The zero-order valence-corrected chi connectivity index (χ0v) is 27.1. The van der Waals surface area contributed by atoms with Crippen LogP contribution in [0.4, 0.5) is 5.69 Å². The third-order valence-electron chi connectivity index (χ3n) is 6.21. The van der Waals surface area contributed by atoms with Gasteiger partial charge in [0, 0.05) is 33.6 Å². The second kappa shape index (κ2) is 14.0. The summed E-state index contributed by atoms with van der Waals surface area (Å²) in [6.45, 7) is 4.79. The van der Waals surface area contributed by atoms with E-state index in [9.17, 15) is 18.0 Å². The van der Waals surface area contributed by atoms with Gasteiger partial charge < -0.3 is 15.0 Å². The van der Waals surface area contributed by atoms with Gasteiger partial charge in [0.15, 0.2) is 0 Å². The van der Waals surface area contributed by atoms with E-state index in [4.69, 9.17) is 39.5 Å². The molecule has 42 heavy (non-hydrogen) atoms. The Labute approximate surface area is 262 Å². The number of nitrogens with one attached hydrogen (secondary N) is 1. The number of ether oxygens (including phenoxy) is 1. The normalized spacial score (nSPS) is 12.4. The summed E-state index contributed by atoms with van der Waals surface area (Å²) in [5, 5.41) is 3.93. The van der Waals surface area contributed by atoms with Gasteiger partial charge in [-0.2, -0.15) is 0 Å². The van der Waals surface area contributed by atoms with E-state index in [-0.39, 0.29) is 29.4 Å². The highest BCUT2D eigenvalue weighted by Crippen LogP contribution is 2.33. The molecule has 3 rings (SSSR count). The average molecular weight is 655 g/mol. The lowest BCUT2D eigenvalue weighted by Crippen LogP contribution is -2.56. The first kappa shape index (κ1) is 33.5. The topological polar surface area (TPSA) is 96.0 Å². The summed E-state index contributed by atoms with van der Waals surface area (Å²) in [6.07, 6.45) is 1.15. The quantitative estimate of drug-likeness (QED) is 0.275. The van der Waals surface area contributed by atoms with Gasteiger partial charge in [0.05, 0.1) is 19.1 Å². The van der Waals surface area contributed by atoms with Crippen LogP contribution in [0.15, 0.2) is 66.7 Å². The fraction of sp³-hybridized carbons (Fsp3) is 0.333. The van der Waals surface area contributed by atoms with Crippen molar-refractivity contribution < 1.29 is 22.7 Å². The van der Waals surface area contributed by atoms with E-state index in [1.807, 2.05) is 51.1 Å². The van der Waals surface area contributed by atoms with Crippen LogP contribution in [0.2, 0.25) is 15.1 Å². The molecule has 0 bridgehead atoms.